The van der Waals surface area contributed by atoms with Crippen LogP contribution in [-0.2, 0) is 0 Å². The molecule has 104 valence electrons. The molecule has 0 radical (unpaired) electrons. The Labute approximate surface area is 118 Å². The standard InChI is InChI=1S/C19H28/c1-18-11-5-7-16(18)15-9-8-14-6-3-4-12-19(14,2)17(15)10-13-18/h4-5,11-12,14-17H,3,6-10,13H2,1-2H3/t14-,15+,16+,17+,18+,19+/m1/s1. The van der Waals surface area contributed by atoms with Gasteiger partial charge in [0.25, 0.3) is 0 Å². The van der Waals surface area contributed by atoms with Crippen LogP contribution in [0.2, 0.25) is 0 Å². The van der Waals surface area contributed by atoms with Crippen LogP contribution in [-0.4, -0.2) is 0 Å². The molecule has 0 N–H and O–H groups in total. The van der Waals surface area contributed by atoms with Gasteiger partial charge in [-0.2, -0.15) is 0 Å². The van der Waals surface area contributed by atoms with Gasteiger partial charge in [-0.15, -0.1) is 0 Å². The molecule has 0 spiro atoms. The second-order valence-corrected chi connectivity index (χ2v) is 8.18. The zero-order valence-electron chi connectivity index (χ0n) is 12.6. The first-order valence-corrected chi connectivity index (χ1v) is 8.49. The van der Waals surface area contributed by atoms with Gasteiger partial charge in [-0.05, 0) is 79.4 Å². The molecule has 0 bridgehead atoms. The normalized spacial score (nSPS) is 55.5. The Kier molecular flexibility index (Phi) is 2.57. The monoisotopic (exact) mass is 256 g/mol. The summed E-state index contributed by atoms with van der Waals surface area (Å²) in [5.41, 5.74) is 1.08. The fourth-order valence-electron chi connectivity index (χ4n) is 6.30. The molecule has 2 saturated carbocycles. The van der Waals surface area contributed by atoms with Crippen molar-refractivity contribution in [2.24, 2.45) is 34.5 Å². The maximum Gasteiger partial charge on any atom is -0.00872 e. The van der Waals surface area contributed by atoms with Crippen molar-refractivity contribution in [2.75, 3.05) is 0 Å². The van der Waals surface area contributed by atoms with E-state index in [0.717, 1.165) is 23.7 Å². The van der Waals surface area contributed by atoms with Crippen molar-refractivity contribution in [3.05, 3.63) is 24.3 Å². The van der Waals surface area contributed by atoms with Crippen LogP contribution in [0.25, 0.3) is 0 Å². The molecule has 0 heteroatoms. The van der Waals surface area contributed by atoms with Crippen molar-refractivity contribution in [1.29, 1.82) is 0 Å². The van der Waals surface area contributed by atoms with Crippen LogP contribution in [0.4, 0.5) is 0 Å². The van der Waals surface area contributed by atoms with E-state index in [4.69, 9.17) is 0 Å². The summed E-state index contributed by atoms with van der Waals surface area (Å²) in [6, 6.07) is 0. The first-order valence-electron chi connectivity index (χ1n) is 8.49. The van der Waals surface area contributed by atoms with Gasteiger partial charge in [0, 0.05) is 0 Å². The van der Waals surface area contributed by atoms with Crippen molar-refractivity contribution >= 4 is 0 Å². The maximum absolute atomic E-state index is 2.63. The largest absolute Gasteiger partial charge is 0.0880 e. The lowest BCUT2D eigenvalue weighted by atomic mass is 9.46. The van der Waals surface area contributed by atoms with E-state index in [1.54, 1.807) is 0 Å². The smallest absolute Gasteiger partial charge is 0.00872 e. The van der Waals surface area contributed by atoms with Crippen LogP contribution in [0.1, 0.15) is 58.8 Å². The number of hydrogen-bond donors (Lipinski definition) is 0. The van der Waals surface area contributed by atoms with Gasteiger partial charge in [-0.1, -0.05) is 38.2 Å². The highest BCUT2D eigenvalue weighted by Crippen LogP contribution is 2.63. The third-order valence-electron chi connectivity index (χ3n) is 7.45. The Morgan fingerprint density at radius 2 is 1.79 bits per heavy atom. The zero-order valence-corrected chi connectivity index (χ0v) is 12.6. The maximum atomic E-state index is 2.63. The quantitative estimate of drug-likeness (QED) is 0.512. The lowest BCUT2D eigenvalue weighted by molar-refractivity contribution is -0.0597. The SMILES string of the molecule is C[C@]12C=CCC[C@@H]1CC[C@@H]1[C@@H]2CC[C@]2(C)C=CC[C@@H]12. The molecule has 0 unspecified atom stereocenters. The third-order valence-corrected chi connectivity index (χ3v) is 7.45. The van der Waals surface area contributed by atoms with Gasteiger partial charge in [0.05, 0.1) is 0 Å². The van der Waals surface area contributed by atoms with E-state index < -0.39 is 0 Å². The minimum atomic E-state index is 0.533. The van der Waals surface area contributed by atoms with Gasteiger partial charge >= 0.3 is 0 Å². The molecule has 4 aliphatic rings. The number of hydrogen-bond acceptors (Lipinski definition) is 0. The topological polar surface area (TPSA) is 0 Å². The first kappa shape index (κ1) is 12.2. The summed E-state index contributed by atoms with van der Waals surface area (Å²) in [6.45, 7) is 5.12. The van der Waals surface area contributed by atoms with E-state index in [1.165, 1.54) is 44.9 Å². The summed E-state index contributed by atoms with van der Waals surface area (Å²) in [5.74, 6) is 3.91. The van der Waals surface area contributed by atoms with E-state index in [9.17, 15) is 0 Å². The summed E-state index contributed by atoms with van der Waals surface area (Å²) in [7, 11) is 0. The van der Waals surface area contributed by atoms with E-state index in [-0.39, 0.29) is 0 Å². The molecule has 0 aromatic heterocycles. The van der Waals surface area contributed by atoms with Crippen LogP contribution < -0.4 is 0 Å². The van der Waals surface area contributed by atoms with Crippen molar-refractivity contribution in [1.82, 2.24) is 0 Å². The first-order chi connectivity index (χ1) is 9.13. The number of rotatable bonds is 0. The third kappa shape index (κ3) is 1.58. The second-order valence-electron chi connectivity index (χ2n) is 8.18. The fourth-order valence-corrected chi connectivity index (χ4v) is 6.30. The molecule has 2 fully saturated rings. The fraction of sp³-hybridized carbons (Fsp3) is 0.789. The predicted molar refractivity (Wildman–Crippen MR) is 80.8 cm³/mol. The Morgan fingerprint density at radius 1 is 0.895 bits per heavy atom. The summed E-state index contributed by atoms with van der Waals surface area (Å²) in [4.78, 5) is 0. The molecule has 4 rings (SSSR count). The summed E-state index contributed by atoms with van der Waals surface area (Å²) >= 11 is 0. The summed E-state index contributed by atoms with van der Waals surface area (Å²) < 4.78 is 0. The van der Waals surface area contributed by atoms with E-state index in [0.29, 0.717) is 10.8 Å². The Bertz CT molecular complexity index is 431. The van der Waals surface area contributed by atoms with Gasteiger partial charge in [-0.3, -0.25) is 0 Å². The Hall–Kier alpha value is -0.520. The molecule has 0 aromatic carbocycles. The van der Waals surface area contributed by atoms with Crippen LogP contribution in [0.3, 0.4) is 0 Å². The predicted octanol–water partition coefficient (Wildman–Crippen LogP) is 5.36. The zero-order chi connectivity index (χ0) is 13.1. The van der Waals surface area contributed by atoms with E-state index in [2.05, 4.69) is 38.2 Å². The minimum Gasteiger partial charge on any atom is -0.0880 e. The highest BCUT2D eigenvalue weighted by Gasteiger charge is 2.55. The van der Waals surface area contributed by atoms with Crippen LogP contribution >= 0.6 is 0 Å². The van der Waals surface area contributed by atoms with Crippen LogP contribution in [0, 0.1) is 34.5 Å². The molecule has 0 nitrogen and oxygen atoms in total. The average molecular weight is 256 g/mol. The summed E-state index contributed by atoms with van der Waals surface area (Å²) in [6.07, 6.45) is 20.2. The molecular formula is C19H28. The van der Waals surface area contributed by atoms with Crippen molar-refractivity contribution < 1.29 is 0 Å². The molecular weight excluding hydrogens is 228 g/mol. The minimum absolute atomic E-state index is 0.533. The lowest BCUT2D eigenvalue weighted by Gasteiger charge is -2.58. The van der Waals surface area contributed by atoms with Crippen LogP contribution in [0.5, 0.6) is 0 Å². The lowest BCUT2D eigenvalue weighted by Crippen LogP contribution is -2.50. The van der Waals surface area contributed by atoms with Gasteiger partial charge in [0.1, 0.15) is 0 Å². The van der Waals surface area contributed by atoms with Crippen molar-refractivity contribution in [3.8, 4) is 0 Å². The molecule has 19 heavy (non-hydrogen) atoms. The highest BCUT2D eigenvalue weighted by molar-refractivity contribution is 5.19. The number of allylic oxidation sites excluding steroid dienone is 4. The summed E-state index contributed by atoms with van der Waals surface area (Å²) in [5, 5.41) is 0. The molecule has 4 aliphatic carbocycles. The van der Waals surface area contributed by atoms with Gasteiger partial charge < -0.3 is 0 Å². The molecule has 0 aromatic rings. The van der Waals surface area contributed by atoms with Crippen molar-refractivity contribution in [3.63, 3.8) is 0 Å². The Balaban J connectivity index is 1.69. The van der Waals surface area contributed by atoms with Gasteiger partial charge in [0.2, 0.25) is 0 Å². The molecule has 0 aliphatic heterocycles. The second kappa shape index (κ2) is 3.99. The number of fused-ring (bicyclic) bond motifs is 5. The highest BCUT2D eigenvalue weighted by atomic mass is 14.6. The molecule has 0 heterocycles. The molecule has 0 saturated heterocycles. The van der Waals surface area contributed by atoms with E-state index >= 15 is 0 Å². The molecule has 0 amide bonds. The molecule has 6 atom stereocenters. The van der Waals surface area contributed by atoms with Crippen molar-refractivity contribution in [2.45, 2.75) is 58.8 Å². The van der Waals surface area contributed by atoms with E-state index in [1.807, 2.05) is 0 Å². The average Bonchev–Trinajstić information content (AvgIpc) is 2.79. The van der Waals surface area contributed by atoms with Crippen LogP contribution in [0.15, 0.2) is 24.3 Å². The van der Waals surface area contributed by atoms with Gasteiger partial charge in [-0.25, -0.2) is 0 Å². The van der Waals surface area contributed by atoms with Gasteiger partial charge in [0.15, 0.2) is 0 Å². The Morgan fingerprint density at radius 3 is 2.68 bits per heavy atom.